The second kappa shape index (κ2) is 7.11. The summed E-state index contributed by atoms with van der Waals surface area (Å²) < 4.78 is 16.6. The highest BCUT2D eigenvalue weighted by Crippen LogP contribution is 2.20. The molecule has 3 rings (SSSR count). The van der Waals surface area contributed by atoms with Gasteiger partial charge in [0.25, 0.3) is 5.91 Å². The molecule has 0 radical (unpaired) electrons. The first-order valence-electron chi connectivity index (χ1n) is 8.45. The minimum Gasteiger partial charge on any atom is -0.346 e. The fourth-order valence-corrected chi connectivity index (χ4v) is 2.93. The predicted octanol–water partition coefficient (Wildman–Crippen LogP) is 2.86. The molecule has 26 heavy (non-hydrogen) atoms. The van der Waals surface area contributed by atoms with Gasteiger partial charge in [0.15, 0.2) is 5.69 Å². The Balaban J connectivity index is 1.71. The van der Waals surface area contributed by atoms with E-state index in [1.165, 1.54) is 12.1 Å². The zero-order chi connectivity index (χ0) is 18.8. The molecule has 0 aliphatic carbocycles. The van der Waals surface area contributed by atoms with Crippen LogP contribution in [0.3, 0.4) is 0 Å². The molecule has 0 saturated carbocycles. The number of benzene rings is 1. The van der Waals surface area contributed by atoms with Gasteiger partial charge in [-0.05, 0) is 62.7 Å². The van der Waals surface area contributed by atoms with Crippen LogP contribution >= 0.6 is 0 Å². The average molecular weight is 355 g/mol. The van der Waals surface area contributed by atoms with Crippen molar-refractivity contribution in [2.45, 2.75) is 33.4 Å². The van der Waals surface area contributed by atoms with Crippen molar-refractivity contribution in [2.24, 2.45) is 7.05 Å². The summed E-state index contributed by atoms with van der Waals surface area (Å²) in [5, 5.41) is 11.6. The smallest absolute Gasteiger partial charge is 0.272 e. The predicted molar refractivity (Wildman–Crippen MR) is 97.2 cm³/mol. The molecule has 0 saturated heterocycles. The van der Waals surface area contributed by atoms with E-state index in [9.17, 15) is 9.18 Å². The van der Waals surface area contributed by atoms with Crippen LogP contribution in [0.1, 0.15) is 28.8 Å². The summed E-state index contributed by atoms with van der Waals surface area (Å²) in [6.45, 7) is 6.45. The lowest BCUT2D eigenvalue weighted by atomic mass is 10.1. The van der Waals surface area contributed by atoms with Gasteiger partial charge >= 0.3 is 0 Å². The van der Waals surface area contributed by atoms with Gasteiger partial charge in [0.2, 0.25) is 0 Å². The SMILES string of the molecule is Cc1cc(C)n(C[C@H](C)NC(=O)c2cc(-c3ccc(F)cc3)n(C)n2)n1. The van der Waals surface area contributed by atoms with Crippen molar-refractivity contribution in [1.29, 1.82) is 0 Å². The largest absolute Gasteiger partial charge is 0.346 e. The van der Waals surface area contributed by atoms with Crippen LogP contribution in [0, 0.1) is 19.7 Å². The van der Waals surface area contributed by atoms with E-state index in [0.717, 1.165) is 22.6 Å². The van der Waals surface area contributed by atoms with Gasteiger partial charge in [0, 0.05) is 18.8 Å². The summed E-state index contributed by atoms with van der Waals surface area (Å²) in [5.74, 6) is -0.546. The van der Waals surface area contributed by atoms with E-state index < -0.39 is 0 Å². The molecule has 0 aliphatic heterocycles. The third-order valence-electron chi connectivity index (χ3n) is 4.18. The zero-order valence-corrected chi connectivity index (χ0v) is 15.3. The summed E-state index contributed by atoms with van der Waals surface area (Å²) in [6, 6.07) is 9.72. The fraction of sp³-hybridized carbons (Fsp3) is 0.316. The number of aryl methyl sites for hydroxylation is 3. The number of hydrogen-bond acceptors (Lipinski definition) is 3. The Morgan fingerprint density at radius 2 is 1.88 bits per heavy atom. The molecule has 6 nitrogen and oxygen atoms in total. The molecule has 1 aromatic carbocycles. The quantitative estimate of drug-likeness (QED) is 0.765. The maximum absolute atomic E-state index is 13.1. The minimum atomic E-state index is -0.299. The average Bonchev–Trinajstić information content (AvgIpc) is 3.10. The number of carbonyl (C=O) groups excluding carboxylic acids is 1. The molecule has 0 spiro atoms. The van der Waals surface area contributed by atoms with Crippen LogP contribution in [0.2, 0.25) is 0 Å². The van der Waals surface area contributed by atoms with Gasteiger partial charge in [0.1, 0.15) is 5.82 Å². The Labute approximate surface area is 151 Å². The van der Waals surface area contributed by atoms with E-state index >= 15 is 0 Å². The molecule has 0 aliphatic rings. The third-order valence-corrected chi connectivity index (χ3v) is 4.18. The number of rotatable bonds is 5. The molecule has 2 heterocycles. The standard InChI is InChI=1S/C19H22FN5O/c1-12-9-14(3)25(22-12)11-13(2)21-19(26)17-10-18(24(4)23-17)15-5-7-16(20)8-6-15/h5-10,13H,11H2,1-4H3,(H,21,26)/t13-/m0/s1. The summed E-state index contributed by atoms with van der Waals surface area (Å²) in [6.07, 6.45) is 0. The molecule has 7 heteroatoms. The van der Waals surface area contributed by atoms with Crippen LogP contribution in [0.4, 0.5) is 4.39 Å². The molecular weight excluding hydrogens is 333 g/mol. The van der Waals surface area contributed by atoms with Crippen LogP contribution in [0.25, 0.3) is 11.3 Å². The van der Waals surface area contributed by atoms with Crippen LogP contribution in [0.15, 0.2) is 36.4 Å². The Kier molecular flexibility index (Phi) is 4.88. The van der Waals surface area contributed by atoms with Crippen molar-refractivity contribution in [3.63, 3.8) is 0 Å². The molecule has 0 fully saturated rings. The molecule has 1 atom stereocenters. The van der Waals surface area contributed by atoms with Gasteiger partial charge in [-0.25, -0.2) is 4.39 Å². The van der Waals surface area contributed by atoms with Gasteiger partial charge in [0.05, 0.1) is 17.9 Å². The van der Waals surface area contributed by atoms with Crippen LogP contribution in [-0.2, 0) is 13.6 Å². The summed E-state index contributed by atoms with van der Waals surface area (Å²) in [4.78, 5) is 12.5. The van der Waals surface area contributed by atoms with Crippen molar-refractivity contribution in [3.05, 3.63) is 59.3 Å². The second-order valence-corrected chi connectivity index (χ2v) is 6.53. The Hall–Kier alpha value is -2.96. The van der Waals surface area contributed by atoms with Crippen molar-refractivity contribution >= 4 is 5.91 Å². The number of halogens is 1. The highest BCUT2D eigenvalue weighted by molar-refractivity contribution is 5.93. The second-order valence-electron chi connectivity index (χ2n) is 6.53. The number of carbonyl (C=O) groups is 1. The number of nitrogens with one attached hydrogen (secondary N) is 1. The van der Waals surface area contributed by atoms with Crippen molar-refractivity contribution in [1.82, 2.24) is 24.9 Å². The topological polar surface area (TPSA) is 64.7 Å². The number of aromatic nitrogens is 4. The Morgan fingerprint density at radius 1 is 1.19 bits per heavy atom. The molecule has 136 valence electrons. The van der Waals surface area contributed by atoms with Gasteiger partial charge in [-0.2, -0.15) is 10.2 Å². The van der Waals surface area contributed by atoms with Crippen molar-refractivity contribution in [2.75, 3.05) is 0 Å². The lowest BCUT2D eigenvalue weighted by molar-refractivity contribution is 0.0930. The fourth-order valence-electron chi connectivity index (χ4n) is 2.93. The number of nitrogens with zero attached hydrogens (tertiary/aromatic N) is 4. The van der Waals surface area contributed by atoms with Crippen molar-refractivity contribution < 1.29 is 9.18 Å². The Bertz CT molecular complexity index is 926. The minimum absolute atomic E-state index is 0.100. The van der Waals surface area contributed by atoms with Gasteiger partial charge in [-0.3, -0.25) is 14.2 Å². The Morgan fingerprint density at radius 3 is 2.50 bits per heavy atom. The lowest BCUT2D eigenvalue weighted by Crippen LogP contribution is -2.36. The van der Waals surface area contributed by atoms with Gasteiger partial charge < -0.3 is 5.32 Å². The first-order valence-corrected chi connectivity index (χ1v) is 8.45. The maximum Gasteiger partial charge on any atom is 0.272 e. The van der Waals surface area contributed by atoms with Crippen molar-refractivity contribution in [3.8, 4) is 11.3 Å². The summed E-state index contributed by atoms with van der Waals surface area (Å²) in [7, 11) is 1.76. The van der Waals surface area contributed by atoms with Gasteiger partial charge in [-0.15, -0.1) is 0 Å². The van der Waals surface area contributed by atoms with E-state index in [0.29, 0.717) is 12.2 Å². The van der Waals surface area contributed by atoms with Crippen LogP contribution in [0.5, 0.6) is 0 Å². The van der Waals surface area contributed by atoms with Gasteiger partial charge in [-0.1, -0.05) is 0 Å². The third kappa shape index (κ3) is 3.82. The summed E-state index contributed by atoms with van der Waals surface area (Å²) in [5.41, 5.74) is 3.89. The van der Waals surface area contributed by atoms with E-state index in [1.54, 1.807) is 29.9 Å². The molecule has 1 N–H and O–H groups in total. The highest BCUT2D eigenvalue weighted by atomic mass is 19.1. The lowest BCUT2D eigenvalue weighted by Gasteiger charge is -2.14. The molecule has 0 unspecified atom stereocenters. The molecule has 2 aromatic heterocycles. The monoisotopic (exact) mass is 355 g/mol. The van der Waals surface area contributed by atoms with E-state index in [1.807, 2.05) is 31.5 Å². The summed E-state index contributed by atoms with van der Waals surface area (Å²) >= 11 is 0. The number of hydrogen-bond donors (Lipinski definition) is 1. The van der Waals surface area contributed by atoms with E-state index in [-0.39, 0.29) is 17.8 Å². The van der Waals surface area contributed by atoms with Crippen LogP contribution < -0.4 is 5.32 Å². The van der Waals surface area contributed by atoms with E-state index in [4.69, 9.17) is 0 Å². The first kappa shape index (κ1) is 17.8. The zero-order valence-electron chi connectivity index (χ0n) is 15.3. The molecule has 1 amide bonds. The number of amides is 1. The molecular formula is C19H22FN5O. The maximum atomic E-state index is 13.1. The normalized spacial score (nSPS) is 12.2. The molecule has 3 aromatic rings. The van der Waals surface area contributed by atoms with E-state index in [2.05, 4.69) is 15.5 Å². The first-order chi connectivity index (χ1) is 12.3. The highest BCUT2D eigenvalue weighted by Gasteiger charge is 2.17. The molecule has 0 bridgehead atoms. The van der Waals surface area contributed by atoms with Crippen LogP contribution in [-0.4, -0.2) is 31.5 Å².